The summed E-state index contributed by atoms with van der Waals surface area (Å²) in [5.74, 6) is 1.85. The van der Waals surface area contributed by atoms with Crippen LogP contribution in [0.15, 0.2) is 21.2 Å². The van der Waals surface area contributed by atoms with E-state index in [1.54, 1.807) is 13.2 Å². The Bertz CT molecular complexity index is 753. The molecule has 0 N–H and O–H groups in total. The average Bonchev–Trinajstić information content (AvgIpc) is 3.33. The van der Waals surface area contributed by atoms with Gasteiger partial charge in [0.25, 0.3) is 5.89 Å². The van der Waals surface area contributed by atoms with Gasteiger partial charge < -0.3 is 13.7 Å². The van der Waals surface area contributed by atoms with E-state index in [1.807, 2.05) is 17.9 Å². The third-order valence-electron chi connectivity index (χ3n) is 5.42. The van der Waals surface area contributed by atoms with Gasteiger partial charge in [0.05, 0.1) is 12.8 Å². The zero-order chi connectivity index (χ0) is 17.4. The third kappa shape index (κ3) is 3.08. The Labute approximate surface area is 147 Å². The van der Waals surface area contributed by atoms with Crippen molar-refractivity contribution in [2.45, 2.75) is 58.2 Å². The van der Waals surface area contributed by atoms with Crippen LogP contribution < -0.4 is 0 Å². The van der Waals surface area contributed by atoms with Gasteiger partial charge in [0, 0.05) is 31.1 Å². The van der Waals surface area contributed by atoms with E-state index in [9.17, 15) is 4.79 Å². The van der Waals surface area contributed by atoms with Crippen LogP contribution in [0.2, 0.25) is 0 Å². The van der Waals surface area contributed by atoms with Crippen molar-refractivity contribution in [3.8, 4) is 11.7 Å². The van der Waals surface area contributed by atoms with E-state index in [4.69, 9.17) is 8.83 Å². The standard InChI is InChI=1S/C18H24N4O3/c1-12-7-10-24-17(12)18-20-19-16(25-18)11-21-8-3-5-14(21)15-6-4-9-22(15)13(2)23/h7,10,14-15H,3-6,8-9,11H2,1-2H3. The molecule has 0 spiro atoms. The Hall–Kier alpha value is -2.15. The molecule has 2 fully saturated rings. The van der Waals surface area contributed by atoms with Gasteiger partial charge in [-0.05, 0) is 45.2 Å². The highest BCUT2D eigenvalue weighted by molar-refractivity contribution is 5.74. The number of carbonyl (C=O) groups is 1. The van der Waals surface area contributed by atoms with Crippen LogP contribution >= 0.6 is 0 Å². The van der Waals surface area contributed by atoms with Gasteiger partial charge in [0.2, 0.25) is 11.8 Å². The van der Waals surface area contributed by atoms with E-state index in [1.165, 1.54) is 0 Å². The van der Waals surface area contributed by atoms with Crippen LogP contribution in [0, 0.1) is 6.92 Å². The summed E-state index contributed by atoms with van der Waals surface area (Å²) in [5, 5.41) is 8.32. The molecule has 0 saturated carbocycles. The second kappa shape index (κ2) is 6.63. The molecule has 2 saturated heterocycles. The first-order chi connectivity index (χ1) is 12.1. The molecule has 0 aliphatic carbocycles. The number of aryl methyl sites for hydroxylation is 1. The van der Waals surface area contributed by atoms with E-state index in [-0.39, 0.29) is 5.91 Å². The van der Waals surface area contributed by atoms with Gasteiger partial charge in [-0.15, -0.1) is 10.2 Å². The molecule has 2 aromatic rings. The zero-order valence-corrected chi connectivity index (χ0v) is 14.8. The smallest absolute Gasteiger partial charge is 0.283 e. The number of carbonyl (C=O) groups excluding carboxylic acids is 1. The minimum atomic E-state index is 0.183. The van der Waals surface area contributed by atoms with Crippen LogP contribution in [-0.4, -0.2) is 51.1 Å². The van der Waals surface area contributed by atoms with Crippen molar-refractivity contribution in [2.24, 2.45) is 0 Å². The largest absolute Gasteiger partial charge is 0.459 e. The second-order valence-electron chi connectivity index (χ2n) is 7.04. The monoisotopic (exact) mass is 344 g/mol. The maximum atomic E-state index is 11.9. The lowest BCUT2D eigenvalue weighted by Gasteiger charge is -2.33. The molecule has 0 radical (unpaired) electrons. The molecule has 25 heavy (non-hydrogen) atoms. The lowest BCUT2D eigenvalue weighted by molar-refractivity contribution is -0.130. The van der Waals surface area contributed by atoms with Crippen molar-refractivity contribution < 1.29 is 13.6 Å². The van der Waals surface area contributed by atoms with E-state index in [0.717, 1.165) is 44.3 Å². The first-order valence-electron chi connectivity index (χ1n) is 9.01. The van der Waals surface area contributed by atoms with E-state index in [0.29, 0.717) is 36.2 Å². The van der Waals surface area contributed by atoms with Gasteiger partial charge in [-0.1, -0.05) is 0 Å². The highest BCUT2D eigenvalue weighted by atomic mass is 16.4. The Balaban J connectivity index is 1.48. The van der Waals surface area contributed by atoms with Gasteiger partial charge in [-0.25, -0.2) is 0 Å². The second-order valence-corrected chi connectivity index (χ2v) is 7.04. The predicted octanol–water partition coefficient (Wildman–Crippen LogP) is 2.61. The summed E-state index contributed by atoms with van der Waals surface area (Å²) in [7, 11) is 0. The fraction of sp³-hybridized carbons (Fsp3) is 0.611. The topological polar surface area (TPSA) is 75.6 Å². The Morgan fingerprint density at radius 1 is 1.24 bits per heavy atom. The lowest BCUT2D eigenvalue weighted by Crippen LogP contribution is -2.47. The molecular formula is C18H24N4O3. The van der Waals surface area contributed by atoms with Crippen LogP contribution in [0.25, 0.3) is 11.7 Å². The SMILES string of the molecule is CC(=O)N1CCCC1C1CCCN1Cc1nnc(-c2occc2C)o1. The maximum Gasteiger partial charge on any atom is 0.283 e. The number of nitrogens with zero attached hydrogens (tertiary/aromatic N) is 4. The molecule has 2 aliphatic rings. The van der Waals surface area contributed by atoms with Crippen molar-refractivity contribution in [2.75, 3.05) is 13.1 Å². The summed E-state index contributed by atoms with van der Waals surface area (Å²) in [4.78, 5) is 16.3. The molecule has 2 aromatic heterocycles. The number of hydrogen-bond donors (Lipinski definition) is 0. The van der Waals surface area contributed by atoms with Gasteiger partial charge in [0.1, 0.15) is 0 Å². The van der Waals surface area contributed by atoms with Crippen molar-refractivity contribution in [1.29, 1.82) is 0 Å². The summed E-state index contributed by atoms with van der Waals surface area (Å²) in [6.07, 6.45) is 6.07. The van der Waals surface area contributed by atoms with E-state index < -0.39 is 0 Å². The highest BCUT2D eigenvalue weighted by Crippen LogP contribution is 2.31. The van der Waals surface area contributed by atoms with Gasteiger partial charge in [0.15, 0.2) is 5.76 Å². The molecule has 7 heteroatoms. The molecule has 2 atom stereocenters. The number of hydrogen-bond acceptors (Lipinski definition) is 6. The third-order valence-corrected chi connectivity index (χ3v) is 5.42. The summed E-state index contributed by atoms with van der Waals surface area (Å²) in [6.45, 7) is 6.14. The number of likely N-dealkylation sites (tertiary alicyclic amines) is 2. The quantitative estimate of drug-likeness (QED) is 0.849. The number of furan rings is 1. The van der Waals surface area contributed by atoms with E-state index >= 15 is 0 Å². The van der Waals surface area contributed by atoms with Crippen LogP contribution in [0.5, 0.6) is 0 Å². The van der Waals surface area contributed by atoms with Gasteiger partial charge in [-0.3, -0.25) is 9.69 Å². The molecule has 134 valence electrons. The highest BCUT2D eigenvalue weighted by Gasteiger charge is 2.39. The average molecular weight is 344 g/mol. The molecule has 4 heterocycles. The Kier molecular flexibility index (Phi) is 4.33. The maximum absolute atomic E-state index is 11.9. The minimum absolute atomic E-state index is 0.183. The minimum Gasteiger partial charge on any atom is -0.459 e. The molecular weight excluding hydrogens is 320 g/mol. The summed E-state index contributed by atoms with van der Waals surface area (Å²) in [6, 6.07) is 2.58. The Morgan fingerprint density at radius 2 is 2.04 bits per heavy atom. The van der Waals surface area contributed by atoms with Crippen LogP contribution in [0.4, 0.5) is 0 Å². The fourth-order valence-corrected chi connectivity index (χ4v) is 4.24. The number of aromatic nitrogens is 2. The van der Waals surface area contributed by atoms with E-state index in [2.05, 4.69) is 15.1 Å². The predicted molar refractivity (Wildman–Crippen MR) is 90.6 cm³/mol. The fourth-order valence-electron chi connectivity index (χ4n) is 4.24. The molecule has 7 nitrogen and oxygen atoms in total. The van der Waals surface area contributed by atoms with Crippen molar-refractivity contribution in [3.63, 3.8) is 0 Å². The summed E-state index contributed by atoms with van der Waals surface area (Å²) < 4.78 is 11.2. The van der Waals surface area contributed by atoms with Crippen molar-refractivity contribution in [3.05, 3.63) is 23.8 Å². The molecule has 4 rings (SSSR count). The Morgan fingerprint density at radius 3 is 2.80 bits per heavy atom. The summed E-state index contributed by atoms with van der Waals surface area (Å²) >= 11 is 0. The summed E-state index contributed by atoms with van der Waals surface area (Å²) in [5.41, 5.74) is 0.984. The first kappa shape index (κ1) is 16.3. The first-order valence-corrected chi connectivity index (χ1v) is 9.01. The molecule has 1 amide bonds. The molecule has 0 bridgehead atoms. The van der Waals surface area contributed by atoms with Crippen LogP contribution in [0.3, 0.4) is 0 Å². The van der Waals surface area contributed by atoms with Crippen molar-refractivity contribution >= 4 is 5.91 Å². The normalized spacial score (nSPS) is 24.3. The lowest BCUT2D eigenvalue weighted by atomic mass is 10.0. The molecule has 0 aromatic carbocycles. The molecule has 2 unspecified atom stereocenters. The van der Waals surface area contributed by atoms with Gasteiger partial charge in [-0.2, -0.15) is 0 Å². The molecule has 2 aliphatic heterocycles. The van der Waals surface area contributed by atoms with Crippen LogP contribution in [0.1, 0.15) is 44.1 Å². The number of amides is 1. The number of rotatable bonds is 4. The zero-order valence-electron chi connectivity index (χ0n) is 14.8. The van der Waals surface area contributed by atoms with Gasteiger partial charge >= 0.3 is 0 Å². The van der Waals surface area contributed by atoms with Crippen molar-refractivity contribution in [1.82, 2.24) is 20.0 Å². The van der Waals surface area contributed by atoms with Crippen LogP contribution in [-0.2, 0) is 11.3 Å².